The molecule has 0 aromatic heterocycles. The van der Waals surface area contributed by atoms with Crippen molar-refractivity contribution in [2.45, 2.75) is 20.5 Å². The van der Waals surface area contributed by atoms with Gasteiger partial charge >= 0.3 is 6.61 Å². The van der Waals surface area contributed by atoms with E-state index in [-0.39, 0.29) is 27.5 Å². The summed E-state index contributed by atoms with van der Waals surface area (Å²) < 4.78 is 35.2. The number of alkyl halides is 2. The lowest BCUT2D eigenvalue weighted by Crippen LogP contribution is -2.21. The molecule has 0 aliphatic carbocycles. The van der Waals surface area contributed by atoms with Crippen molar-refractivity contribution in [3.05, 3.63) is 51.0 Å². The molecule has 2 rings (SSSR count). The first-order chi connectivity index (χ1) is 11.7. The number of ether oxygens (including phenoxy) is 2. The zero-order valence-electron chi connectivity index (χ0n) is 13.4. The van der Waals surface area contributed by atoms with Gasteiger partial charge in [0, 0.05) is 5.02 Å². The fourth-order valence-electron chi connectivity index (χ4n) is 2.21. The molecule has 0 unspecified atom stereocenters. The molecule has 4 nitrogen and oxygen atoms in total. The highest BCUT2D eigenvalue weighted by molar-refractivity contribution is 9.10. The van der Waals surface area contributed by atoms with E-state index < -0.39 is 12.5 Å². The summed E-state index contributed by atoms with van der Waals surface area (Å²) in [7, 11) is 0. The number of amides is 1. The van der Waals surface area contributed by atoms with Crippen LogP contribution in [0.4, 0.5) is 14.5 Å². The van der Waals surface area contributed by atoms with Crippen LogP contribution in [0.5, 0.6) is 11.5 Å². The van der Waals surface area contributed by atoms with Crippen LogP contribution >= 0.6 is 27.5 Å². The number of carbonyl (C=O) groups excluding carboxylic acids is 1. The van der Waals surface area contributed by atoms with Gasteiger partial charge in [0.25, 0.3) is 5.91 Å². The molecule has 134 valence electrons. The quantitative estimate of drug-likeness (QED) is 0.668. The first-order valence-electron chi connectivity index (χ1n) is 7.19. The number of aryl methyl sites for hydroxylation is 2. The highest BCUT2D eigenvalue weighted by atomic mass is 79.9. The molecule has 8 heteroatoms. The zero-order chi connectivity index (χ0) is 18.6. The Morgan fingerprint density at radius 1 is 1.20 bits per heavy atom. The Morgan fingerprint density at radius 3 is 2.44 bits per heavy atom. The van der Waals surface area contributed by atoms with Crippen LogP contribution in [-0.2, 0) is 4.79 Å². The topological polar surface area (TPSA) is 47.6 Å². The molecule has 0 fully saturated rings. The van der Waals surface area contributed by atoms with Gasteiger partial charge in [-0.2, -0.15) is 8.78 Å². The van der Waals surface area contributed by atoms with Crippen LogP contribution in [0.2, 0.25) is 5.02 Å². The first kappa shape index (κ1) is 19.5. The van der Waals surface area contributed by atoms with Crippen LogP contribution in [0.1, 0.15) is 11.1 Å². The van der Waals surface area contributed by atoms with E-state index in [9.17, 15) is 13.6 Å². The summed E-state index contributed by atoms with van der Waals surface area (Å²) in [6.45, 7) is 0.496. The molecule has 0 spiro atoms. The molecule has 25 heavy (non-hydrogen) atoms. The second-order valence-corrected chi connectivity index (χ2v) is 6.59. The standard InChI is InChI=1S/C17H15BrClF2NO3/c1-9-3-10(2)5-12(4-9)24-8-15(23)22-14-7-11(19)6-13(18)16(14)25-17(20)21/h3-7,17H,8H2,1-2H3,(H,22,23). The maximum absolute atomic E-state index is 12.6. The van der Waals surface area contributed by atoms with E-state index in [4.69, 9.17) is 16.3 Å². The molecule has 0 aliphatic heterocycles. The summed E-state index contributed by atoms with van der Waals surface area (Å²) in [4.78, 5) is 12.1. The smallest absolute Gasteiger partial charge is 0.387 e. The monoisotopic (exact) mass is 433 g/mol. The molecular weight excluding hydrogens is 420 g/mol. The second-order valence-electron chi connectivity index (χ2n) is 5.30. The maximum atomic E-state index is 12.6. The molecule has 2 aromatic rings. The molecule has 2 aromatic carbocycles. The first-order valence-corrected chi connectivity index (χ1v) is 8.36. The van der Waals surface area contributed by atoms with Crippen molar-refractivity contribution in [2.24, 2.45) is 0 Å². The van der Waals surface area contributed by atoms with Gasteiger partial charge in [0.05, 0.1) is 10.2 Å². The van der Waals surface area contributed by atoms with E-state index in [1.165, 1.54) is 12.1 Å². The Labute approximate surface area is 157 Å². The molecule has 0 saturated heterocycles. The van der Waals surface area contributed by atoms with Gasteiger partial charge in [0.2, 0.25) is 0 Å². The van der Waals surface area contributed by atoms with Crippen LogP contribution < -0.4 is 14.8 Å². The second kappa shape index (κ2) is 8.49. The minimum absolute atomic E-state index is 0.0219. The Kier molecular flexibility index (Phi) is 6.61. The van der Waals surface area contributed by atoms with Crippen LogP contribution in [0, 0.1) is 13.8 Å². The van der Waals surface area contributed by atoms with Gasteiger partial charge in [-0.3, -0.25) is 4.79 Å². The Bertz CT molecular complexity index is 766. The minimum Gasteiger partial charge on any atom is -0.484 e. The molecule has 1 amide bonds. The Balaban J connectivity index is 2.09. The fraction of sp³-hybridized carbons (Fsp3) is 0.235. The van der Waals surface area contributed by atoms with Crippen molar-refractivity contribution in [3.8, 4) is 11.5 Å². The Morgan fingerprint density at radius 2 is 1.84 bits per heavy atom. The van der Waals surface area contributed by atoms with Crippen LogP contribution in [-0.4, -0.2) is 19.1 Å². The van der Waals surface area contributed by atoms with E-state index in [1.54, 1.807) is 12.1 Å². The van der Waals surface area contributed by atoms with E-state index in [2.05, 4.69) is 26.0 Å². The number of hydrogen-bond donors (Lipinski definition) is 1. The lowest BCUT2D eigenvalue weighted by atomic mass is 10.1. The van der Waals surface area contributed by atoms with Gasteiger partial charge < -0.3 is 14.8 Å². The van der Waals surface area contributed by atoms with Crippen LogP contribution in [0.15, 0.2) is 34.8 Å². The molecule has 0 saturated carbocycles. The molecule has 0 heterocycles. The third-order valence-electron chi connectivity index (χ3n) is 3.05. The molecule has 0 aliphatic rings. The van der Waals surface area contributed by atoms with E-state index in [0.29, 0.717) is 5.75 Å². The van der Waals surface area contributed by atoms with Crippen molar-refractivity contribution < 1.29 is 23.0 Å². The van der Waals surface area contributed by atoms with Gasteiger partial charge in [0.1, 0.15) is 5.75 Å². The lowest BCUT2D eigenvalue weighted by molar-refractivity contribution is -0.118. The van der Waals surface area contributed by atoms with Crippen LogP contribution in [0.3, 0.4) is 0 Å². The normalized spacial score (nSPS) is 10.7. The Hall–Kier alpha value is -1.86. The number of carbonyl (C=O) groups is 1. The van der Waals surface area contributed by atoms with Gasteiger partial charge in [-0.05, 0) is 65.2 Å². The summed E-state index contributed by atoms with van der Waals surface area (Å²) in [5, 5.41) is 2.71. The van der Waals surface area contributed by atoms with Gasteiger partial charge in [0.15, 0.2) is 12.4 Å². The molecular formula is C17H15BrClF2NO3. The molecule has 0 radical (unpaired) electrons. The molecule has 0 atom stereocenters. The van der Waals surface area contributed by atoms with Crippen molar-refractivity contribution >= 4 is 39.1 Å². The average Bonchev–Trinajstić information content (AvgIpc) is 2.47. The zero-order valence-corrected chi connectivity index (χ0v) is 15.7. The summed E-state index contributed by atoms with van der Waals surface area (Å²) in [6.07, 6.45) is 0. The molecule has 1 N–H and O–H groups in total. The number of anilines is 1. The van der Waals surface area contributed by atoms with Crippen molar-refractivity contribution in [1.82, 2.24) is 0 Å². The largest absolute Gasteiger partial charge is 0.484 e. The van der Waals surface area contributed by atoms with Gasteiger partial charge in [-0.25, -0.2) is 0 Å². The average molecular weight is 435 g/mol. The highest BCUT2D eigenvalue weighted by Gasteiger charge is 2.17. The predicted octanol–water partition coefficient (Wildman–Crippen LogP) is 5.34. The highest BCUT2D eigenvalue weighted by Crippen LogP contribution is 2.37. The van der Waals surface area contributed by atoms with Crippen molar-refractivity contribution in [3.63, 3.8) is 0 Å². The lowest BCUT2D eigenvalue weighted by Gasteiger charge is -2.14. The van der Waals surface area contributed by atoms with Crippen molar-refractivity contribution in [2.75, 3.05) is 11.9 Å². The van der Waals surface area contributed by atoms with Crippen molar-refractivity contribution in [1.29, 1.82) is 0 Å². The van der Waals surface area contributed by atoms with Crippen LogP contribution in [0.25, 0.3) is 0 Å². The number of halogens is 4. The van der Waals surface area contributed by atoms with Gasteiger partial charge in [-0.15, -0.1) is 0 Å². The van der Waals surface area contributed by atoms with Gasteiger partial charge in [-0.1, -0.05) is 17.7 Å². The maximum Gasteiger partial charge on any atom is 0.387 e. The van der Waals surface area contributed by atoms with E-state index in [0.717, 1.165) is 11.1 Å². The summed E-state index contributed by atoms with van der Waals surface area (Å²) >= 11 is 8.98. The predicted molar refractivity (Wildman–Crippen MR) is 95.8 cm³/mol. The minimum atomic E-state index is -3.04. The number of nitrogens with one attached hydrogen (secondary N) is 1. The SMILES string of the molecule is Cc1cc(C)cc(OCC(=O)Nc2cc(Cl)cc(Br)c2OC(F)F)c1. The van der Waals surface area contributed by atoms with E-state index in [1.807, 2.05) is 19.9 Å². The number of benzene rings is 2. The van der Waals surface area contributed by atoms with E-state index >= 15 is 0 Å². The third kappa shape index (κ3) is 5.86. The summed E-state index contributed by atoms with van der Waals surface area (Å²) in [5.41, 5.74) is 2.03. The molecule has 0 bridgehead atoms. The summed E-state index contributed by atoms with van der Waals surface area (Å²) in [6, 6.07) is 8.27. The number of rotatable bonds is 6. The summed E-state index contributed by atoms with van der Waals surface area (Å²) in [5.74, 6) is -0.199. The number of hydrogen-bond acceptors (Lipinski definition) is 3. The fourth-order valence-corrected chi connectivity index (χ4v) is 3.12. The third-order valence-corrected chi connectivity index (χ3v) is 3.86.